The topological polar surface area (TPSA) is 62.6 Å². The van der Waals surface area contributed by atoms with Crippen LogP contribution in [0, 0.1) is 0 Å². The van der Waals surface area contributed by atoms with Gasteiger partial charge in [0.05, 0.1) is 12.8 Å². The highest BCUT2D eigenvalue weighted by atomic mass is 19.1. The Kier molecular flexibility index (Phi) is 4.88. The lowest BCUT2D eigenvalue weighted by Crippen LogP contribution is -2.49. The molecule has 0 unspecified atom stereocenters. The second kappa shape index (κ2) is 7.09. The third-order valence-electron chi connectivity index (χ3n) is 4.37. The standard InChI is InChI=1S/C19H21FN2O3/c1-19(20)9-10-22(13-19)18(24)15(12-14-6-3-2-4-7-14)21-17(23)16-8-5-11-25-16/h2-8,11,15H,9-10,12-13H2,1H3,(H,21,23)/t15-,19-/m0/s1. The van der Waals surface area contributed by atoms with E-state index in [9.17, 15) is 14.0 Å². The number of benzene rings is 1. The van der Waals surface area contributed by atoms with Crippen molar-refractivity contribution in [1.29, 1.82) is 0 Å². The monoisotopic (exact) mass is 344 g/mol. The number of halogens is 1. The molecule has 0 spiro atoms. The molecule has 2 heterocycles. The van der Waals surface area contributed by atoms with Crippen molar-refractivity contribution in [3.63, 3.8) is 0 Å². The Balaban J connectivity index is 1.76. The minimum absolute atomic E-state index is 0.0494. The molecule has 6 heteroatoms. The minimum Gasteiger partial charge on any atom is -0.459 e. The summed E-state index contributed by atoms with van der Waals surface area (Å²) in [6.45, 7) is 1.90. The molecule has 0 radical (unpaired) electrons. The highest BCUT2D eigenvalue weighted by molar-refractivity contribution is 5.95. The molecule has 3 rings (SSSR count). The summed E-state index contributed by atoms with van der Waals surface area (Å²) < 4.78 is 19.2. The number of hydrogen-bond acceptors (Lipinski definition) is 3. The zero-order chi connectivity index (χ0) is 17.9. The summed E-state index contributed by atoms with van der Waals surface area (Å²) in [7, 11) is 0. The van der Waals surface area contributed by atoms with Gasteiger partial charge in [-0.05, 0) is 24.6 Å². The first-order chi connectivity index (χ1) is 11.9. The Labute approximate surface area is 145 Å². The fourth-order valence-electron chi connectivity index (χ4n) is 3.02. The molecule has 1 aromatic heterocycles. The zero-order valence-electron chi connectivity index (χ0n) is 14.1. The van der Waals surface area contributed by atoms with Crippen LogP contribution in [0.2, 0.25) is 0 Å². The maximum absolute atomic E-state index is 14.1. The fraction of sp³-hybridized carbons (Fsp3) is 0.368. The summed E-state index contributed by atoms with van der Waals surface area (Å²) in [5.41, 5.74) is -0.458. The molecule has 1 fully saturated rings. The lowest BCUT2D eigenvalue weighted by molar-refractivity contribution is -0.132. The summed E-state index contributed by atoms with van der Waals surface area (Å²) in [5, 5.41) is 2.73. The van der Waals surface area contributed by atoms with E-state index in [-0.39, 0.29) is 18.2 Å². The van der Waals surface area contributed by atoms with E-state index in [1.165, 1.54) is 24.2 Å². The number of nitrogens with one attached hydrogen (secondary N) is 1. The van der Waals surface area contributed by atoms with Gasteiger partial charge >= 0.3 is 0 Å². The third kappa shape index (κ3) is 4.26. The Bertz CT molecular complexity index is 728. The molecule has 2 amide bonds. The number of hydrogen-bond donors (Lipinski definition) is 1. The van der Waals surface area contributed by atoms with Gasteiger partial charge in [0, 0.05) is 19.4 Å². The van der Waals surface area contributed by atoms with E-state index >= 15 is 0 Å². The number of alkyl halides is 1. The van der Waals surface area contributed by atoms with Crippen molar-refractivity contribution in [2.45, 2.75) is 31.5 Å². The first-order valence-corrected chi connectivity index (χ1v) is 8.31. The van der Waals surface area contributed by atoms with E-state index in [0.717, 1.165) is 5.56 Å². The summed E-state index contributed by atoms with van der Waals surface area (Å²) in [6, 6.07) is 11.8. The largest absolute Gasteiger partial charge is 0.459 e. The average Bonchev–Trinajstić information content (AvgIpc) is 3.24. The van der Waals surface area contributed by atoms with Crippen LogP contribution >= 0.6 is 0 Å². The summed E-state index contributed by atoms with van der Waals surface area (Å²) in [6.07, 6.45) is 2.05. The van der Waals surface area contributed by atoms with Crippen LogP contribution in [-0.4, -0.2) is 41.5 Å². The second-order valence-corrected chi connectivity index (χ2v) is 6.62. The minimum atomic E-state index is -1.38. The molecule has 2 aromatic rings. The van der Waals surface area contributed by atoms with Gasteiger partial charge in [-0.3, -0.25) is 9.59 Å². The van der Waals surface area contributed by atoms with Gasteiger partial charge in [0.1, 0.15) is 11.7 Å². The van der Waals surface area contributed by atoms with Gasteiger partial charge in [0.25, 0.3) is 5.91 Å². The van der Waals surface area contributed by atoms with Crippen LogP contribution < -0.4 is 5.32 Å². The molecule has 1 saturated heterocycles. The first-order valence-electron chi connectivity index (χ1n) is 8.31. The Hall–Kier alpha value is -2.63. The zero-order valence-corrected chi connectivity index (χ0v) is 14.1. The van der Waals surface area contributed by atoms with E-state index in [0.29, 0.717) is 19.4 Å². The molecule has 1 N–H and O–H groups in total. The van der Waals surface area contributed by atoms with E-state index in [1.807, 2.05) is 30.3 Å². The summed E-state index contributed by atoms with van der Waals surface area (Å²) >= 11 is 0. The van der Waals surface area contributed by atoms with Crippen LogP contribution in [-0.2, 0) is 11.2 Å². The third-order valence-corrected chi connectivity index (χ3v) is 4.37. The van der Waals surface area contributed by atoms with Gasteiger partial charge in [-0.2, -0.15) is 0 Å². The molecule has 1 aromatic carbocycles. The lowest BCUT2D eigenvalue weighted by atomic mass is 10.0. The molecular formula is C19H21FN2O3. The Morgan fingerprint density at radius 2 is 2.04 bits per heavy atom. The highest BCUT2D eigenvalue weighted by Crippen LogP contribution is 2.25. The van der Waals surface area contributed by atoms with Crippen LogP contribution in [0.15, 0.2) is 53.1 Å². The average molecular weight is 344 g/mol. The van der Waals surface area contributed by atoms with Crippen molar-refractivity contribution in [1.82, 2.24) is 10.2 Å². The van der Waals surface area contributed by atoms with Gasteiger partial charge in [-0.25, -0.2) is 4.39 Å². The molecule has 5 nitrogen and oxygen atoms in total. The smallest absolute Gasteiger partial charge is 0.287 e. The predicted octanol–water partition coefficient (Wildman–Crippen LogP) is 2.58. The molecule has 0 bridgehead atoms. The number of nitrogens with zero attached hydrogens (tertiary/aromatic N) is 1. The van der Waals surface area contributed by atoms with Gasteiger partial charge < -0.3 is 14.6 Å². The molecule has 1 aliphatic heterocycles. The van der Waals surface area contributed by atoms with Gasteiger partial charge in [0.15, 0.2) is 5.76 Å². The van der Waals surface area contributed by atoms with E-state index in [4.69, 9.17) is 4.42 Å². The van der Waals surface area contributed by atoms with Crippen molar-refractivity contribution in [3.8, 4) is 0 Å². The van der Waals surface area contributed by atoms with E-state index in [1.54, 1.807) is 6.07 Å². The quantitative estimate of drug-likeness (QED) is 0.907. The number of furan rings is 1. The second-order valence-electron chi connectivity index (χ2n) is 6.62. The molecular weight excluding hydrogens is 323 g/mol. The van der Waals surface area contributed by atoms with Crippen molar-refractivity contribution in [2.75, 3.05) is 13.1 Å². The fourth-order valence-corrected chi connectivity index (χ4v) is 3.02. The van der Waals surface area contributed by atoms with Crippen molar-refractivity contribution in [2.24, 2.45) is 0 Å². The molecule has 25 heavy (non-hydrogen) atoms. The number of carbonyl (C=O) groups excluding carboxylic acids is 2. The lowest BCUT2D eigenvalue weighted by Gasteiger charge is -2.24. The van der Waals surface area contributed by atoms with Crippen LogP contribution in [0.4, 0.5) is 4.39 Å². The molecule has 2 atom stereocenters. The van der Waals surface area contributed by atoms with E-state index in [2.05, 4.69) is 5.32 Å². The predicted molar refractivity (Wildman–Crippen MR) is 90.8 cm³/mol. The van der Waals surface area contributed by atoms with Crippen LogP contribution in [0.25, 0.3) is 0 Å². The molecule has 132 valence electrons. The van der Waals surface area contributed by atoms with Gasteiger partial charge in [-0.15, -0.1) is 0 Å². The number of carbonyl (C=O) groups is 2. The molecule has 1 aliphatic rings. The van der Waals surface area contributed by atoms with Crippen molar-refractivity contribution < 1.29 is 18.4 Å². The Morgan fingerprint density at radius 1 is 1.28 bits per heavy atom. The van der Waals surface area contributed by atoms with Crippen molar-refractivity contribution >= 4 is 11.8 Å². The van der Waals surface area contributed by atoms with E-state index < -0.39 is 17.6 Å². The first kappa shape index (κ1) is 17.2. The maximum atomic E-state index is 14.1. The van der Waals surface area contributed by atoms with Gasteiger partial charge in [-0.1, -0.05) is 30.3 Å². The molecule has 0 aliphatic carbocycles. The SMILES string of the molecule is C[C@]1(F)CCN(C(=O)[C@H](Cc2ccccc2)NC(=O)c2ccco2)C1. The highest BCUT2D eigenvalue weighted by Gasteiger charge is 2.38. The van der Waals surface area contributed by atoms with Crippen LogP contribution in [0.5, 0.6) is 0 Å². The van der Waals surface area contributed by atoms with Gasteiger partial charge in [0.2, 0.25) is 5.91 Å². The Morgan fingerprint density at radius 3 is 2.64 bits per heavy atom. The normalized spacial score (nSPS) is 21.1. The maximum Gasteiger partial charge on any atom is 0.287 e. The number of amides is 2. The van der Waals surface area contributed by atoms with Crippen LogP contribution in [0.1, 0.15) is 29.5 Å². The summed E-state index contributed by atoms with van der Waals surface area (Å²) in [5.74, 6) is -0.589. The van der Waals surface area contributed by atoms with Crippen molar-refractivity contribution in [3.05, 3.63) is 60.1 Å². The number of rotatable bonds is 5. The van der Waals surface area contributed by atoms with Crippen LogP contribution in [0.3, 0.4) is 0 Å². The summed E-state index contributed by atoms with van der Waals surface area (Å²) in [4.78, 5) is 26.6. The molecule has 0 saturated carbocycles. The number of likely N-dealkylation sites (tertiary alicyclic amines) is 1.